The minimum atomic E-state index is -3.40. The molecule has 0 aliphatic carbocycles. The molecule has 0 amide bonds. The molecule has 2 heterocycles. The molecule has 1 unspecified atom stereocenters. The lowest BCUT2D eigenvalue weighted by atomic mass is 9.95. The van der Waals surface area contributed by atoms with E-state index in [1.54, 1.807) is 0 Å². The zero-order chi connectivity index (χ0) is 12.5. The number of nitrogens with zero attached hydrogens (tertiary/aromatic N) is 2. The Morgan fingerprint density at radius 3 is 2.65 bits per heavy atom. The lowest BCUT2D eigenvalue weighted by molar-refractivity contribution is 0.271. The van der Waals surface area contributed by atoms with Crippen molar-refractivity contribution < 1.29 is 8.42 Å². The van der Waals surface area contributed by atoms with E-state index >= 15 is 0 Å². The van der Waals surface area contributed by atoms with Gasteiger partial charge in [0.05, 0.1) is 12.5 Å². The van der Waals surface area contributed by atoms with Crippen molar-refractivity contribution >= 4 is 21.6 Å². The van der Waals surface area contributed by atoms with Gasteiger partial charge in [-0.25, -0.2) is 13.4 Å². The fourth-order valence-corrected chi connectivity index (χ4v) is 3.72. The summed E-state index contributed by atoms with van der Waals surface area (Å²) in [7, 11) is -3.40. The number of hydrogen-bond donors (Lipinski definition) is 1. The van der Waals surface area contributed by atoms with Gasteiger partial charge in [0.1, 0.15) is 0 Å². The highest BCUT2D eigenvalue weighted by molar-refractivity contribution is 7.89. The van der Waals surface area contributed by atoms with Gasteiger partial charge < -0.3 is 4.98 Å². The van der Waals surface area contributed by atoms with Crippen LogP contribution in [0.4, 0.5) is 0 Å². The average Bonchev–Trinajstić information content (AvgIpc) is 2.83. The number of aromatic amines is 1. The molecule has 96 valence electrons. The molecule has 17 heavy (non-hydrogen) atoms. The van der Waals surface area contributed by atoms with Crippen LogP contribution in [-0.2, 0) is 10.0 Å². The molecule has 1 aromatic rings. The molecule has 7 heteroatoms. The number of piperidine rings is 1. The van der Waals surface area contributed by atoms with Crippen molar-refractivity contribution in [3.63, 3.8) is 0 Å². The van der Waals surface area contributed by atoms with E-state index in [9.17, 15) is 8.42 Å². The minimum Gasteiger partial charge on any atom is -0.335 e. The number of rotatable bonds is 3. The smallest absolute Gasteiger partial charge is 0.260 e. The van der Waals surface area contributed by atoms with Crippen LogP contribution in [0, 0.1) is 5.92 Å². The predicted molar refractivity (Wildman–Crippen MR) is 65.4 cm³/mol. The Kier molecular flexibility index (Phi) is 3.75. The molecule has 5 nitrogen and oxygen atoms in total. The van der Waals surface area contributed by atoms with Crippen molar-refractivity contribution in [1.82, 2.24) is 14.3 Å². The van der Waals surface area contributed by atoms with Crippen LogP contribution in [0.3, 0.4) is 0 Å². The Morgan fingerprint density at radius 2 is 2.18 bits per heavy atom. The maximum absolute atomic E-state index is 12.1. The second-order valence-electron chi connectivity index (χ2n) is 4.33. The van der Waals surface area contributed by atoms with Crippen LogP contribution in [-0.4, -0.2) is 41.2 Å². The first-order valence-corrected chi connectivity index (χ1v) is 7.52. The van der Waals surface area contributed by atoms with Crippen molar-refractivity contribution in [3.05, 3.63) is 12.5 Å². The number of halogens is 1. The van der Waals surface area contributed by atoms with Gasteiger partial charge in [-0.15, -0.1) is 11.6 Å². The first-order chi connectivity index (χ1) is 8.01. The number of hydrogen-bond acceptors (Lipinski definition) is 3. The van der Waals surface area contributed by atoms with Crippen molar-refractivity contribution in [2.75, 3.05) is 13.1 Å². The summed E-state index contributed by atoms with van der Waals surface area (Å²) in [4.78, 5) is 6.39. The zero-order valence-electron chi connectivity index (χ0n) is 9.63. The van der Waals surface area contributed by atoms with Crippen LogP contribution < -0.4 is 0 Å². The Balaban J connectivity index is 2.07. The number of imidazole rings is 1. The molecule has 1 N–H and O–H groups in total. The average molecular weight is 278 g/mol. The number of nitrogens with one attached hydrogen (secondary N) is 1. The van der Waals surface area contributed by atoms with Crippen molar-refractivity contribution in [3.8, 4) is 0 Å². The van der Waals surface area contributed by atoms with E-state index in [1.165, 1.54) is 16.8 Å². The van der Waals surface area contributed by atoms with Crippen LogP contribution in [0.2, 0.25) is 0 Å². The number of sulfonamides is 1. The lowest BCUT2D eigenvalue weighted by Crippen LogP contribution is -2.40. The molecule has 1 aliphatic rings. The first kappa shape index (κ1) is 12.9. The Labute approximate surface area is 106 Å². The number of alkyl halides is 1. The molecule has 1 atom stereocenters. The SMILES string of the molecule is CC(Cl)C1CCN(S(=O)(=O)c2cnc[nH]2)CC1. The van der Waals surface area contributed by atoms with E-state index in [1.807, 2.05) is 6.92 Å². The summed E-state index contributed by atoms with van der Waals surface area (Å²) in [5.74, 6) is 0.407. The molecule has 0 bridgehead atoms. The van der Waals surface area contributed by atoms with Crippen LogP contribution in [0.1, 0.15) is 19.8 Å². The topological polar surface area (TPSA) is 66.1 Å². The molecule has 0 aromatic carbocycles. The van der Waals surface area contributed by atoms with Crippen LogP contribution in [0.25, 0.3) is 0 Å². The first-order valence-electron chi connectivity index (χ1n) is 5.64. The highest BCUT2D eigenvalue weighted by Gasteiger charge is 2.31. The van der Waals surface area contributed by atoms with Gasteiger partial charge in [-0.3, -0.25) is 0 Å². The van der Waals surface area contributed by atoms with Gasteiger partial charge >= 0.3 is 0 Å². The fourth-order valence-electron chi connectivity index (χ4n) is 2.10. The molecular formula is C10H16ClN3O2S. The predicted octanol–water partition coefficient (Wildman–Crippen LogP) is 1.44. The molecule has 2 rings (SSSR count). The van der Waals surface area contributed by atoms with E-state index in [-0.39, 0.29) is 10.4 Å². The van der Waals surface area contributed by atoms with Gasteiger partial charge in [-0.05, 0) is 25.7 Å². The van der Waals surface area contributed by atoms with E-state index < -0.39 is 10.0 Å². The van der Waals surface area contributed by atoms with Crippen LogP contribution in [0.5, 0.6) is 0 Å². The number of H-pyrrole nitrogens is 1. The summed E-state index contributed by atoms with van der Waals surface area (Å²) in [6, 6.07) is 0. The van der Waals surface area contributed by atoms with E-state index in [4.69, 9.17) is 11.6 Å². The van der Waals surface area contributed by atoms with Crippen molar-refractivity contribution in [2.24, 2.45) is 5.92 Å². The third kappa shape index (κ3) is 2.64. The zero-order valence-corrected chi connectivity index (χ0v) is 11.2. The van der Waals surface area contributed by atoms with E-state index in [2.05, 4.69) is 9.97 Å². The van der Waals surface area contributed by atoms with Crippen LogP contribution in [0.15, 0.2) is 17.6 Å². The highest BCUT2D eigenvalue weighted by Crippen LogP contribution is 2.26. The molecule has 0 radical (unpaired) electrons. The van der Waals surface area contributed by atoms with Gasteiger partial charge in [-0.1, -0.05) is 0 Å². The largest absolute Gasteiger partial charge is 0.335 e. The second-order valence-corrected chi connectivity index (χ2v) is 6.93. The Hall–Kier alpha value is -0.590. The van der Waals surface area contributed by atoms with Crippen molar-refractivity contribution in [2.45, 2.75) is 30.2 Å². The highest BCUT2D eigenvalue weighted by atomic mass is 35.5. The molecule has 1 aliphatic heterocycles. The number of aromatic nitrogens is 2. The third-order valence-electron chi connectivity index (χ3n) is 3.24. The molecule has 0 saturated carbocycles. The lowest BCUT2D eigenvalue weighted by Gasteiger charge is -2.31. The van der Waals surface area contributed by atoms with Gasteiger partial charge in [-0.2, -0.15) is 4.31 Å². The summed E-state index contributed by atoms with van der Waals surface area (Å²) in [5.41, 5.74) is 0. The van der Waals surface area contributed by atoms with Crippen LogP contribution >= 0.6 is 11.6 Å². The molecular weight excluding hydrogens is 262 g/mol. The van der Waals surface area contributed by atoms with Gasteiger partial charge in [0.15, 0.2) is 5.03 Å². The summed E-state index contributed by atoms with van der Waals surface area (Å²) in [6.07, 6.45) is 4.35. The monoisotopic (exact) mass is 277 g/mol. The van der Waals surface area contributed by atoms with E-state index in [0.717, 1.165) is 12.8 Å². The summed E-state index contributed by atoms with van der Waals surface area (Å²) in [5, 5.41) is 0.266. The van der Waals surface area contributed by atoms with Crippen molar-refractivity contribution in [1.29, 1.82) is 0 Å². The minimum absolute atomic E-state index is 0.104. The quantitative estimate of drug-likeness (QED) is 0.850. The Morgan fingerprint density at radius 1 is 1.53 bits per heavy atom. The molecule has 0 spiro atoms. The third-order valence-corrected chi connectivity index (χ3v) is 5.42. The molecule has 1 saturated heterocycles. The van der Waals surface area contributed by atoms with Gasteiger partial charge in [0.25, 0.3) is 10.0 Å². The maximum atomic E-state index is 12.1. The Bertz CT molecular complexity index is 450. The summed E-state index contributed by atoms with van der Waals surface area (Å²) < 4.78 is 25.8. The summed E-state index contributed by atoms with van der Waals surface area (Å²) >= 11 is 6.03. The van der Waals surface area contributed by atoms with E-state index in [0.29, 0.717) is 19.0 Å². The normalized spacial score (nSPS) is 21.5. The second kappa shape index (κ2) is 4.96. The molecule has 1 fully saturated rings. The van der Waals surface area contributed by atoms with Gasteiger partial charge in [0, 0.05) is 18.5 Å². The fraction of sp³-hybridized carbons (Fsp3) is 0.700. The standard InChI is InChI=1S/C10H16ClN3O2S/c1-8(11)9-2-4-14(5-3-9)17(15,16)10-6-12-7-13-10/h6-9H,2-5H2,1H3,(H,12,13). The maximum Gasteiger partial charge on any atom is 0.260 e. The van der Waals surface area contributed by atoms with Gasteiger partial charge in [0.2, 0.25) is 0 Å². The summed E-state index contributed by atoms with van der Waals surface area (Å²) in [6.45, 7) is 3.03. The molecule has 1 aromatic heterocycles.